The highest BCUT2D eigenvalue weighted by molar-refractivity contribution is 6.05. The van der Waals surface area contributed by atoms with Crippen LogP contribution in [-0.4, -0.2) is 86.8 Å². The lowest BCUT2D eigenvalue weighted by Gasteiger charge is -2.32. The first kappa shape index (κ1) is 31.3. The first-order valence-corrected chi connectivity index (χ1v) is 12.1. The van der Waals surface area contributed by atoms with Gasteiger partial charge in [-0.15, -0.1) is 0 Å². The Morgan fingerprint density at radius 3 is 2.33 bits per heavy atom. The van der Waals surface area contributed by atoms with Gasteiger partial charge in [-0.2, -0.15) is 19.6 Å². The lowest BCUT2D eigenvalue weighted by atomic mass is 9.92. The molecular weight excluding hydrogens is 553 g/mol. The van der Waals surface area contributed by atoms with Crippen LogP contribution in [0.4, 0.5) is 17.3 Å². The molecule has 0 unspecified atom stereocenters. The summed E-state index contributed by atoms with van der Waals surface area (Å²) in [6.45, 7) is 0. The number of carbonyl (C=O) groups excluding carboxylic acids is 1. The molecule has 5 rings (SSSR count). The molecule has 1 aliphatic carbocycles. The second kappa shape index (κ2) is 13.9. The van der Waals surface area contributed by atoms with Gasteiger partial charge >= 0.3 is 13.5 Å². The molecule has 17 nitrogen and oxygen atoms in total. The van der Waals surface area contributed by atoms with Crippen LogP contribution < -0.4 is 21.9 Å². The molecule has 220 valence electrons. The fourth-order valence-corrected chi connectivity index (χ4v) is 3.86. The minimum Gasteiger partial charge on any atom is -0.503 e. The number of carbonyl (C=O) groups is 1. The molecule has 0 bridgehead atoms. The Bertz CT molecular complexity index is 1600. The molecular formula is C24H28BN9O8. The molecule has 7 N–H and O–H groups in total. The molecule has 4 aromatic rings. The Morgan fingerprint density at radius 2 is 1.81 bits per heavy atom. The second-order valence-corrected chi connectivity index (χ2v) is 8.58. The zero-order chi connectivity index (χ0) is 31.0. The molecule has 42 heavy (non-hydrogen) atoms. The first-order chi connectivity index (χ1) is 20.1. The van der Waals surface area contributed by atoms with Crippen molar-refractivity contribution in [2.75, 3.05) is 31.9 Å². The first-order valence-electron chi connectivity index (χ1n) is 12.1. The normalized spacial score (nSPS) is 15.3. The van der Waals surface area contributed by atoms with E-state index in [1.807, 2.05) is 0 Å². The Hall–Kier alpha value is -5.23. The van der Waals surface area contributed by atoms with Crippen LogP contribution in [0, 0.1) is 4.91 Å². The van der Waals surface area contributed by atoms with Gasteiger partial charge in [0.15, 0.2) is 11.4 Å². The van der Waals surface area contributed by atoms with Gasteiger partial charge in [0.2, 0.25) is 11.6 Å². The number of ether oxygens (including phenoxy) is 2. The van der Waals surface area contributed by atoms with Crippen LogP contribution in [0.5, 0.6) is 17.4 Å². The lowest BCUT2D eigenvalue weighted by molar-refractivity contribution is -0.0695. The van der Waals surface area contributed by atoms with Crippen LogP contribution in [0.2, 0.25) is 0 Å². The lowest BCUT2D eigenvalue weighted by Crippen LogP contribution is -2.35. The Kier molecular flexibility index (Phi) is 10.4. The van der Waals surface area contributed by atoms with Crippen molar-refractivity contribution in [3.63, 3.8) is 0 Å². The Balaban J connectivity index is 0.000000372. The predicted octanol–water partition coefficient (Wildman–Crippen LogP) is 0.923. The molecule has 2 radical (unpaired) electrons. The number of rotatable bonds is 7. The summed E-state index contributed by atoms with van der Waals surface area (Å²) in [5.74, 6) is -2.95. The minimum absolute atomic E-state index is 0.00878. The molecule has 0 saturated heterocycles. The van der Waals surface area contributed by atoms with E-state index in [0.717, 1.165) is 12.8 Å². The van der Waals surface area contributed by atoms with E-state index < -0.39 is 34.5 Å². The van der Waals surface area contributed by atoms with E-state index in [9.17, 15) is 24.9 Å². The summed E-state index contributed by atoms with van der Waals surface area (Å²) in [7, 11) is 9.01. The molecule has 0 spiro atoms. The summed E-state index contributed by atoms with van der Waals surface area (Å²) >= 11 is 0. The SMILES string of the molecule is CNc1cc(Nc2c(O)c(O)c(=O)n(-c3ccccn3)c2O)nc2c(C(N)=O)cnn12.COC1CC(OC)C1.[B]N=O. The summed E-state index contributed by atoms with van der Waals surface area (Å²) in [5, 5.41) is 42.4. The molecule has 1 saturated carbocycles. The van der Waals surface area contributed by atoms with E-state index in [1.165, 1.54) is 29.0 Å². The Morgan fingerprint density at radius 1 is 1.17 bits per heavy atom. The number of primary amides is 1. The van der Waals surface area contributed by atoms with Crippen LogP contribution in [0.25, 0.3) is 11.5 Å². The molecule has 18 heteroatoms. The third kappa shape index (κ3) is 6.56. The third-order valence-corrected chi connectivity index (χ3v) is 6.15. The number of nitroso groups, excluding NO2 is 1. The van der Waals surface area contributed by atoms with Gasteiger partial charge in [0.05, 0.1) is 18.4 Å². The van der Waals surface area contributed by atoms with Crippen LogP contribution in [0.3, 0.4) is 0 Å². The maximum Gasteiger partial charge on any atom is 0.325 e. The molecule has 0 aliphatic heterocycles. The summed E-state index contributed by atoms with van der Waals surface area (Å²) in [5.41, 5.74) is 4.00. The van der Waals surface area contributed by atoms with Crippen molar-refractivity contribution in [3.05, 3.63) is 57.5 Å². The van der Waals surface area contributed by atoms with E-state index in [-0.39, 0.29) is 22.8 Å². The molecule has 4 heterocycles. The van der Waals surface area contributed by atoms with Gasteiger partial charge in [-0.3, -0.25) is 9.59 Å². The number of aromatic hydroxyl groups is 3. The van der Waals surface area contributed by atoms with Gasteiger partial charge in [-0.05, 0) is 25.0 Å². The number of nitrogens with one attached hydrogen (secondary N) is 2. The number of nitrogens with zero attached hydrogens (tertiary/aromatic N) is 6. The van der Waals surface area contributed by atoms with Crippen molar-refractivity contribution in [1.29, 1.82) is 0 Å². The number of methoxy groups -OCH3 is 2. The van der Waals surface area contributed by atoms with Gasteiger partial charge in [0.25, 0.3) is 5.91 Å². The number of aromatic nitrogens is 5. The highest BCUT2D eigenvalue weighted by atomic mass is 16.5. The van der Waals surface area contributed by atoms with Crippen LogP contribution in [-0.2, 0) is 9.47 Å². The van der Waals surface area contributed by atoms with E-state index in [4.69, 9.17) is 20.1 Å². The minimum atomic E-state index is -1.08. The number of hydrogen-bond donors (Lipinski definition) is 6. The number of amides is 1. The van der Waals surface area contributed by atoms with Crippen LogP contribution in [0.1, 0.15) is 23.2 Å². The number of hydrogen-bond acceptors (Lipinski definition) is 14. The maximum absolute atomic E-state index is 12.4. The second-order valence-electron chi connectivity index (χ2n) is 8.58. The number of pyridine rings is 2. The summed E-state index contributed by atoms with van der Waals surface area (Å²) in [6, 6.07) is 6.06. The zero-order valence-electron chi connectivity index (χ0n) is 22.8. The fraction of sp³-hybridized carbons (Fsp3) is 0.292. The van der Waals surface area contributed by atoms with Crippen molar-refractivity contribution in [3.8, 4) is 23.2 Å². The van der Waals surface area contributed by atoms with Crippen LogP contribution >= 0.6 is 0 Å². The predicted molar refractivity (Wildman–Crippen MR) is 152 cm³/mol. The number of anilines is 3. The van der Waals surface area contributed by atoms with E-state index in [2.05, 4.69) is 33.7 Å². The molecule has 1 amide bonds. The van der Waals surface area contributed by atoms with Crippen molar-refractivity contribution >= 4 is 36.9 Å². The highest BCUT2D eigenvalue weighted by Crippen LogP contribution is 2.40. The quantitative estimate of drug-likeness (QED) is 0.132. The summed E-state index contributed by atoms with van der Waals surface area (Å²) in [4.78, 5) is 40.6. The molecule has 0 atom stereocenters. The third-order valence-electron chi connectivity index (χ3n) is 6.15. The summed E-state index contributed by atoms with van der Waals surface area (Å²) in [6.07, 6.45) is 5.73. The fourth-order valence-electron chi connectivity index (χ4n) is 3.86. The van der Waals surface area contributed by atoms with Crippen molar-refractivity contribution in [2.24, 2.45) is 10.8 Å². The molecule has 1 aliphatic rings. The van der Waals surface area contributed by atoms with Gasteiger partial charge in [0, 0.05) is 33.5 Å². The van der Waals surface area contributed by atoms with Crippen molar-refractivity contribution < 1.29 is 29.6 Å². The molecule has 1 fully saturated rings. The largest absolute Gasteiger partial charge is 0.503 e. The average molecular weight is 581 g/mol. The van der Waals surface area contributed by atoms with Crippen LogP contribution in [0.15, 0.2) is 46.5 Å². The van der Waals surface area contributed by atoms with Gasteiger partial charge in [-0.1, -0.05) is 6.07 Å². The highest BCUT2D eigenvalue weighted by Gasteiger charge is 2.28. The van der Waals surface area contributed by atoms with Crippen molar-refractivity contribution in [2.45, 2.75) is 25.0 Å². The van der Waals surface area contributed by atoms with E-state index in [0.29, 0.717) is 22.6 Å². The molecule has 4 aromatic heterocycles. The number of nitrogens with two attached hydrogens (primary N) is 1. The smallest absolute Gasteiger partial charge is 0.325 e. The summed E-state index contributed by atoms with van der Waals surface area (Å²) < 4.78 is 12.1. The van der Waals surface area contributed by atoms with Gasteiger partial charge < -0.3 is 41.2 Å². The average Bonchev–Trinajstić information content (AvgIpc) is 3.39. The monoisotopic (exact) mass is 581 g/mol. The standard InChI is InChI=1S/C18H16N8O5.C6H12O2.BNO/c1-20-11-6-9(24-16-8(15(19)29)7-22-26(11)16)23-12-13(27)14(28)18(31)25(17(12)30)10-4-2-3-5-21-10;1-7-5-3-6(4-5)8-2;1-2-3/h2-7,20,27-28,30H,1H3,(H2,19,29)(H,23,24);5-6H,3-4H2,1-2H3;. The van der Waals surface area contributed by atoms with Gasteiger partial charge in [-0.25, -0.2) is 14.5 Å². The van der Waals surface area contributed by atoms with Gasteiger partial charge in [0.1, 0.15) is 28.7 Å². The van der Waals surface area contributed by atoms with Crippen molar-refractivity contribution in [1.82, 2.24) is 24.1 Å². The molecule has 0 aromatic carbocycles. The number of fused-ring (bicyclic) bond motifs is 1. The Labute approximate surface area is 239 Å². The zero-order valence-corrected chi connectivity index (χ0v) is 22.8. The van der Waals surface area contributed by atoms with E-state index in [1.54, 1.807) is 38.5 Å². The maximum atomic E-state index is 12.4. The topological polar surface area (TPSA) is 241 Å². The van der Waals surface area contributed by atoms with E-state index >= 15 is 0 Å².